The van der Waals surface area contributed by atoms with E-state index in [0.29, 0.717) is 40.3 Å². The topological polar surface area (TPSA) is 108 Å². The number of carbonyl (C=O) groups is 1. The zero-order chi connectivity index (χ0) is 29.5. The van der Waals surface area contributed by atoms with Crippen molar-refractivity contribution in [3.63, 3.8) is 0 Å². The highest BCUT2D eigenvalue weighted by Crippen LogP contribution is 2.37. The van der Waals surface area contributed by atoms with E-state index in [1.165, 1.54) is 15.6 Å². The second-order valence-corrected chi connectivity index (χ2v) is 13.5. The zero-order valence-electron chi connectivity index (χ0n) is 22.9. The lowest BCUT2D eigenvalue weighted by Gasteiger charge is -2.26. The van der Waals surface area contributed by atoms with Crippen molar-refractivity contribution in [2.75, 3.05) is 22.9 Å². The van der Waals surface area contributed by atoms with E-state index >= 15 is 0 Å². The number of rotatable bonds is 12. The molecule has 0 unspecified atom stereocenters. The largest absolute Gasteiger partial charge is 0.351 e. The van der Waals surface area contributed by atoms with Gasteiger partial charge in [-0.1, -0.05) is 36.4 Å². The van der Waals surface area contributed by atoms with Crippen molar-refractivity contribution in [3.8, 4) is 6.07 Å². The zero-order valence-corrected chi connectivity index (χ0v) is 25.4. The summed E-state index contributed by atoms with van der Waals surface area (Å²) in [5, 5.41) is 12.8. The molecule has 5 aromatic rings. The third-order valence-corrected chi connectivity index (χ3v) is 10.3. The number of carbonyl (C=O) groups excluding carboxylic acids is 1. The van der Waals surface area contributed by atoms with Gasteiger partial charge in [-0.3, -0.25) is 9.10 Å². The summed E-state index contributed by atoms with van der Waals surface area (Å²) in [6, 6.07) is 25.0. The molecule has 0 atom stereocenters. The van der Waals surface area contributed by atoms with Gasteiger partial charge in [0, 0.05) is 29.4 Å². The van der Waals surface area contributed by atoms with Gasteiger partial charge >= 0.3 is 0 Å². The van der Waals surface area contributed by atoms with Crippen molar-refractivity contribution in [2.45, 2.75) is 24.4 Å². The maximum Gasteiger partial charge on any atom is 0.264 e. The average molecular weight is 616 g/mol. The van der Waals surface area contributed by atoms with Crippen LogP contribution < -0.4 is 9.62 Å². The van der Waals surface area contributed by atoms with Crippen LogP contribution in [0.2, 0.25) is 0 Å². The summed E-state index contributed by atoms with van der Waals surface area (Å²) in [4.78, 5) is 17.9. The van der Waals surface area contributed by atoms with Crippen LogP contribution in [0, 0.1) is 11.3 Å². The van der Waals surface area contributed by atoms with E-state index in [-0.39, 0.29) is 17.3 Å². The molecule has 2 aromatic heterocycles. The van der Waals surface area contributed by atoms with Gasteiger partial charge in [-0.2, -0.15) is 17.0 Å². The van der Waals surface area contributed by atoms with Crippen molar-refractivity contribution in [3.05, 3.63) is 113 Å². The predicted octanol–water partition coefficient (Wildman–Crippen LogP) is 5.90. The smallest absolute Gasteiger partial charge is 0.264 e. The van der Waals surface area contributed by atoms with E-state index in [1.54, 1.807) is 78.9 Å². The minimum absolute atomic E-state index is 0.0265. The normalized spacial score (nSPS) is 11.3. The Hall–Kier alpha value is -4.11. The SMILES string of the molecule is CSCCCNC(=O)c1cc2c(N(Cc3cncn3Cc3ccc(C#N)cc3)S(=O)(=O)c3ccccc3)cccc2s1. The Balaban J connectivity index is 1.52. The first-order valence-corrected chi connectivity index (χ1v) is 16.9. The number of aromatic nitrogens is 2. The number of sulfonamides is 1. The highest BCUT2D eigenvalue weighted by molar-refractivity contribution is 7.98. The number of thiophene rings is 1. The van der Waals surface area contributed by atoms with Crippen molar-refractivity contribution < 1.29 is 13.2 Å². The minimum atomic E-state index is -3.99. The first-order valence-electron chi connectivity index (χ1n) is 13.3. The van der Waals surface area contributed by atoms with E-state index < -0.39 is 10.0 Å². The van der Waals surface area contributed by atoms with Crippen molar-refractivity contribution in [1.29, 1.82) is 5.26 Å². The van der Waals surface area contributed by atoms with Crippen LogP contribution in [0.4, 0.5) is 5.69 Å². The number of nitrogens with zero attached hydrogens (tertiary/aromatic N) is 4. The van der Waals surface area contributed by atoms with E-state index in [2.05, 4.69) is 16.4 Å². The lowest BCUT2D eigenvalue weighted by molar-refractivity contribution is 0.0958. The Morgan fingerprint density at radius 1 is 1.10 bits per heavy atom. The van der Waals surface area contributed by atoms with E-state index in [9.17, 15) is 13.2 Å². The molecule has 42 heavy (non-hydrogen) atoms. The number of anilines is 1. The average Bonchev–Trinajstić information content (AvgIpc) is 3.66. The number of thioether (sulfide) groups is 1. The summed E-state index contributed by atoms with van der Waals surface area (Å²) in [6.07, 6.45) is 6.25. The van der Waals surface area contributed by atoms with Crippen LogP contribution in [0.5, 0.6) is 0 Å². The fourth-order valence-corrected chi connectivity index (χ4v) is 7.46. The fraction of sp³-hybridized carbons (Fsp3) is 0.194. The second kappa shape index (κ2) is 13.2. The van der Waals surface area contributed by atoms with Crippen molar-refractivity contribution >= 4 is 54.8 Å². The summed E-state index contributed by atoms with van der Waals surface area (Å²) in [5.74, 6) is 0.798. The summed E-state index contributed by atoms with van der Waals surface area (Å²) in [7, 11) is -3.99. The molecule has 0 aliphatic rings. The molecule has 5 rings (SSSR count). The quantitative estimate of drug-likeness (QED) is 0.175. The highest BCUT2D eigenvalue weighted by atomic mass is 32.2. The number of benzene rings is 3. The van der Waals surface area contributed by atoms with Crippen LogP contribution in [0.3, 0.4) is 0 Å². The first-order chi connectivity index (χ1) is 20.4. The van der Waals surface area contributed by atoms with Crippen LogP contribution in [-0.4, -0.2) is 42.4 Å². The third kappa shape index (κ3) is 6.51. The molecule has 11 heteroatoms. The number of imidazole rings is 1. The van der Waals surface area contributed by atoms with E-state index in [0.717, 1.165) is 22.4 Å². The Kier molecular flexibility index (Phi) is 9.27. The lowest BCUT2D eigenvalue weighted by Crippen LogP contribution is -2.31. The third-order valence-electron chi connectivity index (χ3n) is 6.71. The number of nitrogens with one attached hydrogen (secondary N) is 1. The molecule has 3 aromatic carbocycles. The number of nitriles is 1. The minimum Gasteiger partial charge on any atom is -0.351 e. The first kappa shape index (κ1) is 29.4. The molecule has 0 fully saturated rings. The van der Waals surface area contributed by atoms with Crippen molar-refractivity contribution in [2.24, 2.45) is 0 Å². The maximum atomic E-state index is 14.2. The molecule has 2 heterocycles. The molecule has 0 bridgehead atoms. The van der Waals surface area contributed by atoms with Crippen LogP contribution in [0.15, 0.2) is 96.3 Å². The monoisotopic (exact) mass is 615 g/mol. The molecule has 0 aliphatic carbocycles. The molecule has 1 amide bonds. The molecule has 1 N–H and O–H groups in total. The Morgan fingerprint density at radius 2 is 1.88 bits per heavy atom. The van der Waals surface area contributed by atoms with Gasteiger partial charge in [0.2, 0.25) is 0 Å². The van der Waals surface area contributed by atoms with Crippen LogP contribution in [0.1, 0.15) is 32.9 Å². The molecule has 0 saturated carbocycles. The number of hydrogen-bond donors (Lipinski definition) is 1. The molecule has 0 aliphatic heterocycles. The van der Waals surface area contributed by atoms with Gasteiger partial charge in [-0.15, -0.1) is 11.3 Å². The maximum absolute atomic E-state index is 14.2. The van der Waals surface area contributed by atoms with Gasteiger partial charge in [-0.05, 0) is 66.5 Å². The standard InChI is InChI=1S/C31H29N5O3S3/c1-40-16-6-15-34-31(37)30-17-27-28(9-5-10-29(27)41-30)36(42(38,39)26-7-3-2-4-8-26)21-25-19-33-22-35(25)20-24-13-11-23(18-32)12-14-24/h2-5,7-14,17,19,22H,6,15-16,20-21H2,1H3,(H,34,37). The van der Waals surface area contributed by atoms with Gasteiger partial charge < -0.3 is 9.88 Å². The Bertz CT molecular complexity index is 1830. The van der Waals surface area contributed by atoms with Crippen molar-refractivity contribution in [1.82, 2.24) is 14.9 Å². The highest BCUT2D eigenvalue weighted by Gasteiger charge is 2.28. The van der Waals surface area contributed by atoms with Gasteiger partial charge in [0.15, 0.2) is 0 Å². The van der Waals surface area contributed by atoms with E-state index in [1.807, 2.05) is 35.1 Å². The predicted molar refractivity (Wildman–Crippen MR) is 169 cm³/mol. The van der Waals surface area contributed by atoms with Gasteiger partial charge in [-0.25, -0.2) is 13.4 Å². The Morgan fingerprint density at radius 3 is 2.62 bits per heavy atom. The molecule has 8 nitrogen and oxygen atoms in total. The summed E-state index contributed by atoms with van der Waals surface area (Å²) in [5.41, 5.74) is 2.71. The van der Waals surface area contributed by atoms with Crippen LogP contribution in [-0.2, 0) is 23.1 Å². The molecule has 0 spiro atoms. The lowest BCUT2D eigenvalue weighted by atomic mass is 10.1. The molecule has 0 radical (unpaired) electrons. The second-order valence-electron chi connectivity index (χ2n) is 9.55. The fourth-order valence-electron chi connectivity index (χ4n) is 4.55. The van der Waals surface area contributed by atoms with Crippen LogP contribution in [0.25, 0.3) is 10.1 Å². The van der Waals surface area contributed by atoms with Gasteiger partial charge in [0.1, 0.15) is 0 Å². The number of hydrogen-bond acceptors (Lipinski definition) is 7. The molecule has 214 valence electrons. The molecular weight excluding hydrogens is 587 g/mol. The number of fused-ring (bicyclic) bond motifs is 1. The summed E-state index contributed by atoms with van der Waals surface area (Å²) < 4.78 is 32.5. The molecule has 0 saturated heterocycles. The summed E-state index contributed by atoms with van der Waals surface area (Å²) in [6.45, 7) is 1.07. The number of amides is 1. The summed E-state index contributed by atoms with van der Waals surface area (Å²) >= 11 is 3.08. The van der Waals surface area contributed by atoms with E-state index in [4.69, 9.17) is 5.26 Å². The van der Waals surface area contributed by atoms with Gasteiger partial charge in [0.05, 0.1) is 45.7 Å². The van der Waals surface area contributed by atoms with Gasteiger partial charge in [0.25, 0.3) is 15.9 Å². The Labute approximate surface area is 253 Å². The molecular formula is C31H29N5O3S3. The van der Waals surface area contributed by atoms with Crippen LogP contribution >= 0.6 is 23.1 Å².